The molecule has 0 bridgehead atoms. The van der Waals surface area contributed by atoms with Gasteiger partial charge in [0.25, 0.3) is 0 Å². The van der Waals surface area contributed by atoms with Crippen molar-refractivity contribution in [2.24, 2.45) is 0 Å². The molecule has 1 aliphatic rings. The molecule has 1 aromatic heterocycles. The molecule has 5 rings (SSSR count). The van der Waals surface area contributed by atoms with E-state index in [4.69, 9.17) is 10.7 Å². The van der Waals surface area contributed by atoms with E-state index in [2.05, 4.69) is 70.7 Å². The second-order valence-electron chi connectivity index (χ2n) is 7.17. The van der Waals surface area contributed by atoms with E-state index in [1.807, 2.05) is 42.6 Å². The van der Waals surface area contributed by atoms with Crippen molar-refractivity contribution in [2.75, 3.05) is 10.7 Å². The number of nitrogens with zero attached hydrogens (tertiary/aromatic N) is 3. The van der Waals surface area contributed by atoms with Gasteiger partial charge in [0.05, 0.1) is 28.8 Å². The minimum atomic E-state index is 0.00668. The van der Waals surface area contributed by atoms with Crippen LogP contribution in [0.4, 0.5) is 17.1 Å². The Morgan fingerprint density at radius 2 is 1.41 bits per heavy atom. The maximum absolute atomic E-state index is 6.41. The number of nitrogens with two attached hydrogens (primary N) is 1. The van der Waals surface area contributed by atoms with Gasteiger partial charge >= 0.3 is 0 Å². The van der Waals surface area contributed by atoms with Gasteiger partial charge in [0, 0.05) is 18.3 Å². The van der Waals surface area contributed by atoms with Crippen molar-refractivity contribution < 1.29 is 0 Å². The van der Waals surface area contributed by atoms with E-state index in [0.29, 0.717) is 0 Å². The van der Waals surface area contributed by atoms with Gasteiger partial charge in [-0.1, -0.05) is 66.7 Å². The summed E-state index contributed by atoms with van der Waals surface area (Å²) in [6, 6.07) is 33.2. The summed E-state index contributed by atoms with van der Waals surface area (Å²) in [6.45, 7) is 0.741. The maximum atomic E-state index is 6.41. The van der Waals surface area contributed by atoms with E-state index >= 15 is 0 Å². The average molecular weight is 378 g/mol. The molecule has 4 nitrogen and oxygen atoms in total. The van der Waals surface area contributed by atoms with Crippen LogP contribution in [0, 0.1) is 0 Å². The van der Waals surface area contributed by atoms with Crippen molar-refractivity contribution in [1.29, 1.82) is 0 Å². The average Bonchev–Trinajstić information content (AvgIpc) is 3.09. The smallest absolute Gasteiger partial charge is 0.0992 e. The van der Waals surface area contributed by atoms with Gasteiger partial charge in [0.2, 0.25) is 0 Å². The van der Waals surface area contributed by atoms with Gasteiger partial charge < -0.3 is 5.73 Å². The van der Waals surface area contributed by atoms with Crippen LogP contribution in [0.15, 0.2) is 103 Å². The molecular weight excluding hydrogens is 356 g/mol. The summed E-state index contributed by atoms with van der Waals surface area (Å²) in [5.74, 6) is 0. The van der Waals surface area contributed by atoms with E-state index in [0.717, 1.165) is 29.3 Å². The number of aromatic nitrogens is 1. The van der Waals surface area contributed by atoms with Crippen molar-refractivity contribution in [3.63, 3.8) is 0 Å². The Labute approximate surface area is 170 Å². The van der Waals surface area contributed by atoms with E-state index in [1.165, 1.54) is 11.1 Å². The summed E-state index contributed by atoms with van der Waals surface area (Å²) in [5, 5.41) is 4.60. The van der Waals surface area contributed by atoms with E-state index in [9.17, 15) is 0 Å². The summed E-state index contributed by atoms with van der Waals surface area (Å²) in [7, 11) is 0. The highest BCUT2D eigenvalue weighted by molar-refractivity contribution is 5.78. The highest BCUT2D eigenvalue weighted by Gasteiger charge is 2.39. The van der Waals surface area contributed by atoms with Crippen molar-refractivity contribution in [3.05, 3.63) is 120 Å². The summed E-state index contributed by atoms with van der Waals surface area (Å²) in [6.07, 6.45) is 1.86. The molecule has 3 aromatic carbocycles. The third kappa shape index (κ3) is 3.13. The normalized spacial score (nSPS) is 16.0. The van der Waals surface area contributed by atoms with Crippen LogP contribution in [0.5, 0.6) is 0 Å². The number of fused-ring (bicyclic) bond motifs is 1. The molecule has 29 heavy (non-hydrogen) atoms. The molecule has 0 spiro atoms. The molecule has 0 fully saturated rings. The van der Waals surface area contributed by atoms with Crippen LogP contribution in [-0.2, 0) is 6.54 Å². The standard InChI is InChI=1S/C25H22N4/c26-21-13-5-7-16-24(21)29-23-15-6-4-12-20(23)25(22-14-8-9-17-27-22)28(29)18-19-10-2-1-3-11-19/h1-17,25H,18,26H2. The second-order valence-corrected chi connectivity index (χ2v) is 7.17. The fourth-order valence-corrected chi connectivity index (χ4v) is 4.06. The van der Waals surface area contributed by atoms with Gasteiger partial charge in [-0.2, -0.15) is 5.01 Å². The molecule has 2 N–H and O–H groups in total. The first-order valence-corrected chi connectivity index (χ1v) is 9.78. The topological polar surface area (TPSA) is 45.4 Å². The summed E-state index contributed by atoms with van der Waals surface area (Å²) in [4.78, 5) is 4.70. The van der Waals surface area contributed by atoms with Crippen molar-refractivity contribution in [2.45, 2.75) is 12.6 Å². The lowest BCUT2D eigenvalue weighted by molar-refractivity contribution is 0.239. The number of benzene rings is 3. The predicted molar refractivity (Wildman–Crippen MR) is 118 cm³/mol. The van der Waals surface area contributed by atoms with Crippen LogP contribution < -0.4 is 10.7 Å². The number of pyridine rings is 1. The number of anilines is 3. The molecule has 142 valence electrons. The molecule has 0 saturated carbocycles. The van der Waals surface area contributed by atoms with Crippen LogP contribution in [0.3, 0.4) is 0 Å². The molecule has 0 saturated heterocycles. The zero-order chi connectivity index (χ0) is 19.6. The van der Waals surface area contributed by atoms with Crippen LogP contribution in [0.2, 0.25) is 0 Å². The molecule has 1 unspecified atom stereocenters. The Kier molecular flexibility index (Phi) is 4.47. The molecule has 0 aliphatic carbocycles. The number of nitrogen functional groups attached to an aromatic ring is 1. The van der Waals surface area contributed by atoms with Gasteiger partial charge in [0.15, 0.2) is 0 Å². The first kappa shape index (κ1) is 17.5. The third-order valence-corrected chi connectivity index (χ3v) is 5.33. The van der Waals surface area contributed by atoms with Gasteiger partial charge in [-0.3, -0.25) is 9.99 Å². The van der Waals surface area contributed by atoms with Gasteiger partial charge in [0.1, 0.15) is 0 Å². The molecule has 1 atom stereocenters. The molecule has 0 amide bonds. The summed E-state index contributed by atoms with van der Waals surface area (Å²) in [5.41, 5.74) is 12.8. The molecule has 4 heteroatoms. The lowest BCUT2D eigenvalue weighted by Crippen LogP contribution is -2.37. The zero-order valence-electron chi connectivity index (χ0n) is 16.0. The SMILES string of the molecule is Nc1ccccc1N1c2ccccc2C(c2ccccn2)N1Cc1ccccc1. The van der Waals surface area contributed by atoms with Crippen molar-refractivity contribution >= 4 is 17.1 Å². The fraction of sp³-hybridized carbons (Fsp3) is 0.0800. The third-order valence-electron chi connectivity index (χ3n) is 5.33. The number of hydrogen-bond acceptors (Lipinski definition) is 4. The highest BCUT2D eigenvalue weighted by atomic mass is 15.7. The zero-order valence-corrected chi connectivity index (χ0v) is 16.0. The Morgan fingerprint density at radius 3 is 2.17 bits per heavy atom. The number of hydrogen-bond donors (Lipinski definition) is 1. The Morgan fingerprint density at radius 1 is 0.724 bits per heavy atom. The minimum Gasteiger partial charge on any atom is -0.397 e. The first-order chi connectivity index (χ1) is 14.3. The molecule has 1 aliphatic heterocycles. The molecule has 4 aromatic rings. The minimum absolute atomic E-state index is 0.00668. The van der Waals surface area contributed by atoms with Gasteiger partial charge in [-0.25, -0.2) is 0 Å². The quantitative estimate of drug-likeness (QED) is 0.488. The molecular formula is C25H22N4. The van der Waals surface area contributed by atoms with Crippen LogP contribution >= 0.6 is 0 Å². The second kappa shape index (κ2) is 7.41. The Balaban J connectivity index is 1.70. The van der Waals surface area contributed by atoms with Crippen molar-refractivity contribution in [1.82, 2.24) is 9.99 Å². The molecule has 0 radical (unpaired) electrons. The molecule has 2 heterocycles. The van der Waals surface area contributed by atoms with Crippen molar-refractivity contribution in [3.8, 4) is 0 Å². The number of hydrazine groups is 1. The van der Waals surface area contributed by atoms with Gasteiger partial charge in [-0.05, 0) is 35.9 Å². The summed E-state index contributed by atoms with van der Waals surface area (Å²) >= 11 is 0. The number of para-hydroxylation sites is 3. The van der Waals surface area contributed by atoms with Crippen LogP contribution in [0.1, 0.15) is 22.9 Å². The highest BCUT2D eigenvalue weighted by Crippen LogP contribution is 2.48. The largest absolute Gasteiger partial charge is 0.397 e. The van der Waals surface area contributed by atoms with Gasteiger partial charge in [-0.15, -0.1) is 0 Å². The maximum Gasteiger partial charge on any atom is 0.0992 e. The fourth-order valence-electron chi connectivity index (χ4n) is 4.06. The monoisotopic (exact) mass is 378 g/mol. The van der Waals surface area contributed by atoms with Crippen LogP contribution in [0.25, 0.3) is 0 Å². The predicted octanol–water partition coefficient (Wildman–Crippen LogP) is 5.32. The van der Waals surface area contributed by atoms with Crippen LogP contribution in [-0.4, -0.2) is 9.99 Å². The summed E-state index contributed by atoms with van der Waals surface area (Å²) < 4.78 is 0. The Bertz CT molecular complexity index is 1110. The van der Waals surface area contributed by atoms with E-state index in [-0.39, 0.29) is 6.04 Å². The lowest BCUT2D eigenvalue weighted by atomic mass is 10.0. The first-order valence-electron chi connectivity index (χ1n) is 9.78. The Hall–Kier alpha value is -3.63. The number of rotatable bonds is 4. The van der Waals surface area contributed by atoms with E-state index < -0.39 is 0 Å². The van der Waals surface area contributed by atoms with E-state index in [1.54, 1.807) is 0 Å². The lowest BCUT2D eigenvalue weighted by Gasteiger charge is -2.34.